The van der Waals surface area contributed by atoms with Crippen LogP contribution in [0.25, 0.3) is 0 Å². The fraction of sp³-hybridized carbons (Fsp3) is 0. The SMILES string of the molecule is O=P(O)(O)O.[AlH3].[Fe].[H-].[Li+]. The second-order valence-corrected chi connectivity index (χ2v) is 1.54. The number of hydrogen-bond donors (Lipinski definition) is 3. The second-order valence-electron chi connectivity index (χ2n) is 0.513. The van der Waals surface area contributed by atoms with Gasteiger partial charge in [0.15, 0.2) is 17.4 Å². The Morgan fingerprint density at radius 3 is 1.25 bits per heavy atom. The fourth-order valence-corrected chi connectivity index (χ4v) is 0. The van der Waals surface area contributed by atoms with Gasteiger partial charge in [-0.25, -0.2) is 4.57 Å². The average molecular weight is 192 g/mol. The Balaban J connectivity index is -0.0000000133. The molecule has 0 rings (SSSR count). The van der Waals surface area contributed by atoms with Crippen LogP contribution in [0.5, 0.6) is 0 Å². The molecule has 3 N–H and O–H groups in total. The molecule has 0 radical (unpaired) electrons. The predicted molar refractivity (Wildman–Crippen MR) is 25.3 cm³/mol. The molecule has 48 valence electrons. The molecule has 0 aromatic carbocycles. The van der Waals surface area contributed by atoms with E-state index in [4.69, 9.17) is 19.2 Å². The Morgan fingerprint density at radius 1 is 1.25 bits per heavy atom. The van der Waals surface area contributed by atoms with Crippen molar-refractivity contribution < 1.29 is 56.6 Å². The van der Waals surface area contributed by atoms with Crippen LogP contribution in [0.1, 0.15) is 1.43 Å². The molecule has 4 nitrogen and oxygen atoms in total. The molecule has 0 aliphatic heterocycles. The molecule has 0 heterocycles. The summed E-state index contributed by atoms with van der Waals surface area (Å²) in [6.07, 6.45) is 0. The van der Waals surface area contributed by atoms with E-state index in [0.717, 1.165) is 0 Å². The van der Waals surface area contributed by atoms with E-state index in [1.165, 1.54) is 0 Å². The standard InChI is InChI=1S/Al.Fe.Li.H3O4P.4H/c;;;1-5(2,3)4;;;;/h;;;(H3,1,2,3,4);;;;/q;;+1;;;;;-1. The first-order chi connectivity index (χ1) is 2.00. The normalized spacial score (nSPS) is 7.38. The summed E-state index contributed by atoms with van der Waals surface area (Å²) in [4.78, 5) is 21.6. The minimum Gasteiger partial charge on any atom is -1.00 e. The third-order valence-corrected chi connectivity index (χ3v) is 0. The molecule has 0 amide bonds. The van der Waals surface area contributed by atoms with Gasteiger partial charge in [0.25, 0.3) is 0 Å². The first-order valence-corrected chi connectivity index (χ1v) is 2.35. The monoisotopic (exact) mass is 192 g/mol. The van der Waals surface area contributed by atoms with Gasteiger partial charge in [-0.05, 0) is 0 Å². The maximum atomic E-state index is 8.88. The zero-order valence-corrected chi connectivity index (χ0v) is 5.55. The van der Waals surface area contributed by atoms with Gasteiger partial charge in [-0.15, -0.1) is 0 Å². The molecule has 0 aromatic heterocycles. The molecule has 0 aromatic rings. The summed E-state index contributed by atoms with van der Waals surface area (Å²) in [7, 11) is -4.64. The van der Waals surface area contributed by atoms with Crippen LogP contribution in [0.15, 0.2) is 0 Å². The molecule has 0 fully saturated rings. The van der Waals surface area contributed by atoms with Gasteiger partial charge in [0, 0.05) is 17.1 Å². The summed E-state index contributed by atoms with van der Waals surface area (Å²) in [5, 5.41) is 0. The molecular formula is H7AlFeLiO4P. The van der Waals surface area contributed by atoms with Gasteiger partial charge in [-0.2, -0.15) is 0 Å². The van der Waals surface area contributed by atoms with Crippen molar-refractivity contribution in [2.24, 2.45) is 0 Å². The van der Waals surface area contributed by atoms with Gasteiger partial charge in [0.05, 0.1) is 0 Å². The summed E-state index contributed by atoms with van der Waals surface area (Å²) >= 11 is 0. The molecule has 0 atom stereocenters. The van der Waals surface area contributed by atoms with Crippen LogP contribution in [0, 0.1) is 0 Å². The van der Waals surface area contributed by atoms with Crippen LogP contribution < -0.4 is 18.9 Å². The summed E-state index contributed by atoms with van der Waals surface area (Å²) in [6, 6.07) is 0. The van der Waals surface area contributed by atoms with E-state index in [1.807, 2.05) is 0 Å². The quantitative estimate of drug-likeness (QED) is 0.265. The van der Waals surface area contributed by atoms with Gasteiger partial charge >= 0.3 is 26.7 Å². The molecule has 0 aliphatic rings. The first-order valence-electron chi connectivity index (χ1n) is 0.783. The van der Waals surface area contributed by atoms with E-state index in [-0.39, 0.29) is 54.7 Å². The Hall–Kier alpha value is 1.76. The minimum absolute atomic E-state index is 0. The van der Waals surface area contributed by atoms with Crippen LogP contribution >= 0.6 is 7.82 Å². The topological polar surface area (TPSA) is 77.8 Å². The third kappa shape index (κ3) is 115. The van der Waals surface area contributed by atoms with Crippen molar-refractivity contribution in [1.82, 2.24) is 0 Å². The first kappa shape index (κ1) is 22.6. The molecular weight excluding hydrogens is 185 g/mol. The molecule has 0 unspecified atom stereocenters. The Kier molecular flexibility index (Phi) is 24.7. The van der Waals surface area contributed by atoms with Crippen LogP contribution in [0.4, 0.5) is 0 Å². The van der Waals surface area contributed by atoms with Crippen LogP contribution in [0.2, 0.25) is 0 Å². The number of hydrogen-bond acceptors (Lipinski definition) is 1. The van der Waals surface area contributed by atoms with E-state index < -0.39 is 7.82 Å². The van der Waals surface area contributed by atoms with Crippen molar-refractivity contribution in [3.05, 3.63) is 0 Å². The van der Waals surface area contributed by atoms with E-state index in [0.29, 0.717) is 0 Å². The Morgan fingerprint density at radius 2 is 1.25 bits per heavy atom. The van der Waals surface area contributed by atoms with Gasteiger partial charge < -0.3 is 16.1 Å². The van der Waals surface area contributed by atoms with E-state index >= 15 is 0 Å². The number of rotatable bonds is 0. The van der Waals surface area contributed by atoms with Gasteiger partial charge in [0.1, 0.15) is 0 Å². The van der Waals surface area contributed by atoms with Crippen LogP contribution in [0.3, 0.4) is 0 Å². The zero-order valence-electron chi connectivity index (χ0n) is 4.55. The van der Waals surface area contributed by atoms with Crippen molar-refractivity contribution in [3.63, 3.8) is 0 Å². The maximum absolute atomic E-state index is 8.88. The van der Waals surface area contributed by atoms with Gasteiger partial charge in [-0.3, -0.25) is 0 Å². The minimum atomic E-state index is -4.64. The van der Waals surface area contributed by atoms with Crippen molar-refractivity contribution in [2.75, 3.05) is 0 Å². The Labute approximate surface area is 81.6 Å². The van der Waals surface area contributed by atoms with E-state index in [1.54, 1.807) is 0 Å². The summed E-state index contributed by atoms with van der Waals surface area (Å²) in [6.45, 7) is 0. The summed E-state index contributed by atoms with van der Waals surface area (Å²) < 4.78 is 8.88. The molecule has 0 bridgehead atoms. The summed E-state index contributed by atoms with van der Waals surface area (Å²) in [5.74, 6) is 0. The molecule has 8 heavy (non-hydrogen) atoms. The third-order valence-electron chi connectivity index (χ3n) is 0. The van der Waals surface area contributed by atoms with Crippen LogP contribution in [-0.2, 0) is 21.6 Å². The van der Waals surface area contributed by atoms with Crippen molar-refractivity contribution in [3.8, 4) is 0 Å². The molecule has 0 saturated heterocycles. The van der Waals surface area contributed by atoms with Crippen molar-refractivity contribution in [1.29, 1.82) is 0 Å². The second kappa shape index (κ2) is 8.76. The average Bonchev–Trinajstić information content (AvgIpc) is 0.722. The molecule has 0 aliphatic carbocycles. The summed E-state index contributed by atoms with van der Waals surface area (Å²) in [5.41, 5.74) is 0. The number of phosphoric acid groups is 1. The largest absolute Gasteiger partial charge is 1.00 e. The van der Waals surface area contributed by atoms with Gasteiger partial charge in [-0.1, -0.05) is 0 Å². The molecule has 0 saturated carbocycles. The van der Waals surface area contributed by atoms with Gasteiger partial charge in [0.2, 0.25) is 0 Å². The smallest absolute Gasteiger partial charge is 1.00 e. The zero-order chi connectivity index (χ0) is 4.50. The van der Waals surface area contributed by atoms with Crippen molar-refractivity contribution in [2.45, 2.75) is 0 Å². The van der Waals surface area contributed by atoms with E-state index in [9.17, 15) is 0 Å². The van der Waals surface area contributed by atoms with E-state index in [2.05, 4.69) is 0 Å². The Bertz CT molecular complexity index is 66.7. The molecule has 0 spiro atoms. The maximum Gasteiger partial charge on any atom is 1.00 e. The van der Waals surface area contributed by atoms with Crippen molar-refractivity contribution >= 4 is 25.2 Å². The van der Waals surface area contributed by atoms with Crippen LogP contribution in [-0.4, -0.2) is 32.0 Å². The predicted octanol–water partition coefficient (Wildman–Crippen LogP) is -5.00. The molecule has 8 heteroatoms. The fourth-order valence-electron chi connectivity index (χ4n) is 0.